The lowest BCUT2D eigenvalue weighted by atomic mass is 9.99. The van der Waals surface area contributed by atoms with Crippen molar-refractivity contribution in [3.8, 4) is 11.1 Å². The third-order valence-corrected chi connectivity index (χ3v) is 4.26. The Morgan fingerprint density at radius 2 is 1.73 bits per heavy atom. The lowest BCUT2D eigenvalue weighted by Gasteiger charge is -2.32. The predicted octanol–water partition coefficient (Wildman–Crippen LogP) is 2.72. The van der Waals surface area contributed by atoms with Gasteiger partial charge >= 0.3 is 0 Å². The molecule has 1 saturated heterocycles. The van der Waals surface area contributed by atoms with E-state index in [4.69, 9.17) is 0 Å². The van der Waals surface area contributed by atoms with Crippen LogP contribution < -0.4 is 5.32 Å². The van der Waals surface area contributed by atoms with Crippen molar-refractivity contribution in [1.82, 2.24) is 10.2 Å². The average Bonchev–Trinajstić information content (AvgIpc) is 2.58. The summed E-state index contributed by atoms with van der Waals surface area (Å²) in [6, 6.07) is 18.8. The molecule has 1 N–H and O–H groups in total. The summed E-state index contributed by atoms with van der Waals surface area (Å²) in [5.74, 6) is 0.223. The minimum Gasteiger partial charge on any atom is -0.340 e. The normalized spacial score (nSPS) is 18.5. The maximum absolute atomic E-state index is 12.3. The first kappa shape index (κ1) is 14.8. The first-order valence-corrected chi connectivity index (χ1v) is 7.94. The van der Waals surface area contributed by atoms with Crippen LogP contribution in [0, 0.1) is 0 Å². The van der Waals surface area contributed by atoms with Gasteiger partial charge in [0.15, 0.2) is 0 Å². The van der Waals surface area contributed by atoms with Crippen LogP contribution in [0.3, 0.4) is 0 Å². The molecule has 2 aromatic rings. The second-order valence-electron chi connectivity index (χ2n) is 5.69. The lowest BCUT2D eigenvalue weighted by molar-refractivity contribution is -0.135. The molecule has 0 aromatic heterocycles. The summed E-state index contributed by atoms with van der Waals surface area (Å²) in [5.41, 5.74) is 3.63. The standard InChI is InChI=1S/C19H22N2O/c1-2-21-13-12-20-18(19(21)22)14-15-8-10-17(11-9-15)16-6-4-3-5-7-16/h3-11,18,20H,2,12-14H2,1H3/t18-/m0/s1. The molecule has 0 bridgehead atoms. The zero-order chi connectivity index (χ0) is 15.4. The zero-order valence-electron chi connectivity index (χ0n) is 13.0. The number of likely N-dealkylation sites (N-methyl/N-ethyl adjacent to an activating group) is 1. The van der Waals surface area contributed by atoms with Gasteiger partial charge in [0.1, 0.15) is 0 Å². The molecule has 3 nitrogen and oxygen atoms in total. The summed E-state index contributed by atoms with van der Waals surface area (Å²) < 4.78 is 0. The third-order valence-electron chi connectivity index (χ3n) is 4.26. The van der Waals surface area contributed by atoms with E-state index in [1.807, 2.05) is 30.0 Å². The molecule has 0 saturated carbocycles. The van der Waals surface area contributed by atoms with E-state index in [2.05, 4.69) is 41.7 Å². The van der Waals surface area contributed by atoms with E-state index in [9.17, 15) is 4.79 Å². The molecule has 1 heterocycles. The van der Waals surface area contributed by atoms with Crippen LogP contribution in [0.5, 0.6) is 0 Å². The number of nitrogens with one attached hydrogen (secondary N) is 1. The van der Waals surface area contributed by atoms with Crippen molar-refractivity contribution in [2.24, 2.45) is 0 Å². The molecule has 3 rings (SSSR count). The number of piperazine rings is 1. The smallest absolute Gasteiger partial charge is 0.240 e. The fraction of sp³-hybridized carbons (Fsp3) is 0.316. The van der Waals surface area contributed by atoms with Gasteiger partial charge in [0.05, 0.1) is 6.04 Å². The van der Waals surface area contributed by atoms with Crippen molar-refractivity contribution in [2.75, 3.05) is 19.6 Å². The number of carbonyl (C=O) groups excluding carboxylic acids is 1. The first-order chi connectivity index (χ1) is 10.8. The Morgan fingerprint density at radius 3 is 2.41 bits per heavy atom. The van der Waals surface area contributed by atoms with Gasteiger partial charge in [-0.15, -0.1) is 0 Å². The predicted molar refractivity (Wildman–Crippen MR) is 89.6 cm³/mol. The van der Waals surface area contributed by atoms with Gasteiger partial charge in [-0.05, 0) is 30.0 Å². The highest BCUT2D eigenvalue weighted by molar-refractivity contribution is 5.83. The van der Waals surface area contributed by atoms with Crippen molar-refractivity contribution in [1.29, 1.82) is 0 Å². The van der Waals surface area contributed by atoms with E-state index in [0.29, 0.717) is 0 Å². The molecule has 2 aromatic carbocycles. The van der Waals surface area contributed by atoms with E-state index < -0.39 is 0 Å². The number of rotatable bonds is 4. The van der Waals surface area contributed by atoms with Crippen molar-refractivity contribution < 1.29 is 4.79 Å². The molecule has 0 unspecified atom stereocenters. The minimum atomic E-state index is -0.0868. The van der Waals surface area contributed by atoms with Gasteiger partial charge in [0, 0.05) is 19.6 Å². The molecule has 1 aliphatic heterocycles. The zero-order valence-corrected chi connectivity index (χ0v) is 13.0. The molecule has 1 fully saturated rings. The molecule has 22 heavy (non-hydrogen) atoms. The Hall–Kier alpha value is -2.13. The number of benzene rings is 2. The number of amides is 1. The fourth-order valence-electron chi connectivity index (χ4n) is 2.96. The maximum Gasteiger partial charge on any atom is 0.240 e. The van der Waals surface area contributed by atoms with Gasteiger partial charge in [-0.1, -0.05) is 54.6 Å². The van der Waals surface area contributed by atoms with Crippen LogP contribution in [-0.2, 0) is 11.2 Å². The van der Waals surface area contributed by atoms with E-state index in [-0.39, 0.29) is 11.9 Å². The number of carbonyl (C=O) groups is 1. The molecule has 114 valence electrons. The molecular weight excluding hydrogens is 272 g/mol. The van der Waals surface area contributed by atoms with Crippen molar-refractivity contribution in [2.45, 2.75) is 19.4 Å². The largest absolute Gasteiger partial charge is 0.340 e. The molecule has 0 aliphatic carbocycles. The van der Waals surface area contributed by atoms with Crippen molar-refractivity contribution in [3.05, 3.63) is 60.2 Å². The van der Waals surface area contributed by atoms with E-state index in [0.717, 1.165) is 26.1 Å². The van der Waals surface area contributed by atoms with Crippen LogP contribution in [-0.4, -0.2) is 36.5 Å². The van der Waals surface area contributed by atoms with Crippen LogP contribution in [0.2, 0.25) is 0 Å². The Balaban J connectivity index is 1.70. The van der Waals surface area contributed by atoms with E-state index in [1.54, 1.807) is 0 Å². The maximum atomic E-state index is 12.3. The number of nitrogens with zero attached hydrogens (tertiary/aromatic N) is 1. The molecular formula is C19H22N2O. The van der Waals surface area contributed by atoms with Gasteiger partial charge in [-0.25, -0.2) is 0 Å². The topological polar surface area (TPSA) is 32.3 Å². The Morgan fingerprint density at radius 1 is 1.05 bits per heavy atom. The van der Waals surface area contributed by atoms with Crippen LogP contribution in [0.25, 0.3) is 11.1 Å². The number of hydrogen-bond donors (Lipinski definition) is 1. The number of hydrogen-bond acceptors (Lipinski definition) is 2. The fourth-order valence-corrected chi connectivity index (χ4v) is 2.96. The summed E-state index contributed by atoms with van der Waals surface area (Å²) >= 11 is 0. The van der Waals surface area contributed by atoms with E-state index in [1.165, 1.54) is 16.7 Å². The molecule has 1 aliphatic rings. The van der Waals surface area contributed by atoms with Crippen LogP contribution in [0.4, 0.5) is 0 Å². The highest BCUT2D eigenvalue weighted by Crippen LogP contribution is 2.20. The quantitative estimate of drug-likeness (QED) is 0.940. The van der Waals surface area contributed by atoms with E-state index >= 15 is 0 Å². The lowest BCUT2D eigenvalue weighted by Crippen LogP contribution is -2.55. The molecule has 1 atom stereocenters. The molecule has 1 amide bonds. The minimum absolute atomic E-state index is 0.0868. The van der Waals surface area contributed by atoms with Gasteiger partial charge in [-0.3, -0.25) is 4.79 Å². The summed E-state index contributed by atoms with van der Waals surface area (Å²) in [7, 11) is 0. The van der Waals surface area contributed by atoms with Crippen LogP contribution in [0.1, 0.15) is 12.5 Å². The second kappa shape index (κ2) is 6.75. The SMILES string of the molecule is CCN1CCN[C@@H](Cc2ccc(-c3ccccc3)cc2)C1=O. The van der Waals surface area contributed by atoms with Gasteiger partial charge in [0.2, 0.25) is 5.91 Å². The van der Waals surface area contributed by atoms with Crippen LogP contribution >= 0.6 is 0 Å². The van der Waals surface area contributed by atoms with Crippen LogP contribution in [0.15, 0.2) is 54.6 Å². The molecule has 0 radical (unpaired) electrons. The van der Waals surface area contributed by atoms with Gasteiger partial charge in [0.25, 0.3) is 0 Å². The summed E-state index contributed by atoms with van der Waals surface area (Å²) in [6.45, 7) is 4.53. The van der Waals surface area contributed by atoms with Crippen molar-refractivity contribution >= 4 is 5.91 Å². The molecule has 3 heteroatoms. The summed E-state index contributed by atoms with van der Waals surface area (Å²) in [4.78, 5) is 14.2. The Kier molecular flexibility index (Phi) is 4.54. The summed E-state index contributed by atoms with van der Waals surface area (Å²) in [6.07, 6.45) is 0.754. The second-order valence-corrected chi connectivity index (χ2v) is 5.69. The monoisotopic (exact) mass is 294 g/mol. The third kappa shape index (κ3) is 3.20. The Bertz CT molecular complexity index is 622. The first-order valence-electron chi connectivity index (χ1n) is 7.94. The van der Waals surface area contributed by atoms with Gasteiger partial charge in [-0.2, -0.15) is 0 Å². The summed E-state index contributed by atoms with van der Waals surface area (Å²) in [5, 5.41) is 3.34. The average molecular weight is 294 g/mol. The van der Waals surface area contributed by atoms with Crippen molar-refractivity contribution in [3.63, 3.8) is 0 Å². The Labute approximate surface area is 132 Å². The highest BCUT2D eigenvalue weighted by atomic mass is 16.2. The molecule has 0 spiro atoms. The highest BCUT2D eigenvalue weighted by Gasteiger charge is 2.27. The van der Waals surface area contributed by atoms with Gasteiger partial charge < -0.3 is 10.2 Å².